The molecule has 2 aromatic heterocycles. The minimum absolute atomic E-state index is 0.876. The number of thiazole rings is 1. The number of benzene rings is 10. The van der Waals surface area contributed by atoms with Crippen LogP contribution in [0.4, 0.5) is 17.1 Å². The molecule has 0 aliphatic heterocycles. The van der Waals surface area contributed by atoms with Crippen LogP contribution in [-0.2, 0) is 0 Å². The van der Waals surface area contributed by atoms with E-state index in [1.54, 1.807) is 11.3 Å². The summed E-state index contributed by atoms with van der Waals surface area (Å²) in [6.45, 7) is 0. The highest BCUT2D eigenvalue weighted by Crippen LogP contribution is 2.41. The van der Waals surface area contributed by atoms with Crippen LogP contribution in [0.15, 0.2) is 223 Å². The summed E-state index contributed by atoms with van der Waals surface area (Å²) in [6, 6.07) is 78.4. The summed E-state index contributed by atoms with van der Waals surface area (Å²) in [5, 5.41) is 8.15. The monoisotopic (exact) mass is 796 g/mol. The van der Waals surface area contributed by atoms with Crippen LogP contribution in [0.25, 0.3) is 97.7 Å². The molecular weight excluding hydrogens is 761 g/mol. The Morgan fingerprint density at radius 1 is 0.361 bits per heavy atom. The fourth-order valence-corrected chi connectivity index (χ4v) is 9.77. The van der Waals surface area contributed by atoms with E-state index in [2.05, 4.69) is 217 Å². The molecule has 0 saturated carbocycles. The molecule has 0 spiro atoms. The first-order valence-electron chi connectivity index (χ1n) is 20.6. The Morgan fingerprint density at radius 2 is 0.984 bits per heavy atom. The molecule has 4 heteroatoms. The minimum atomic E-state index is 0.876. The van der Waals surface area contributed by atoms with E-state index >= 15 is 0 Å². The zero-order valence-electron chi connectivity index (χ0n) is 33.0. The summed E-state index contributed by atoms with van der Waals surface area (Å²) < 4.78 is 7.53. The van der Waals surface area contributed by atoms with Crippen LogP contribution in [0.5, 0.6) is 0 Å². The molecule has 0 unspecified atom stereocenters. The standard InChI is InChI=1S/C57H36N2OS/c1-2-12-41(13-3-1)57-58-53-35-52-51-34-44(26-31-54(51)60-55(52)36-56(53)61-57)39-24-29-47(30-25-39)59(46-27-22-38(23-28-46)43-21-20-37-10-4-5-14-42(37)32-43)48-17-8-16-45(33-48)50-19-9-15-40-11-6-7-18-49(40)50/h1-36H. The van der Waals surface area contributed by atoms with E-state index in [0.29, 0.717) is 0 Å². The van der Waals surface area contributed by atoms with Crippen molar-refractivity contribution in [1.82, 2.24) is 4.98 Å². The van der Waals surface area contributed by atoms with Crippen molar-refractivity contribution < 1.29 is 4.42 Å². The number of furan rings is 1. The molecule has 0 amide bonds. The second-order valence-electron chi connectivity index (χ2n) is 15.6. The molecule has 0 fully saturated rings. The summed E-state index contributed by atoms with van der Waals surface area (Å²) >= 11 is 1.70. The van der Waals surface area contributed by atoms with Crippen LogP contribution < -0.4 is 4.90 Å². The number of anilines is 3. The van der Waals surface area contributed by atoms with Crippen molar-refractivity contribution in [3.05, 3.63) is 218 Å². The van der Waals surface area contributed by atoms with Crippen molar-refractivity contribution in [3.63, 3.8) is 0 Å². The Labute approximate surface area is 357 Å². The molecule has 0 atom stereocenters. The number of nitrogens with zero attached hydrogens (tertiary/aromatic N) is 2. The third kappa shape index (κ3) is 6.33. The lowest BCUT2D eigenvalue weighted by atomic mass is 9.97. The topological polar surface area (TPSA) is 29.3 Å². The molecule has 10 aromatic carbocycles. The SMILES string of the molecule is c1ccc(-c2nc3cc4c(cc3s2)oc2ccc(-c3ccc(N(c5ccc(-c6ccc7ccccc7c6)cc5)c5cccc(-c6cccc7ccccc67)c5)cc3)cc24)cc1. The van der Waals surface area contributed by atoms with Crippen LogP contribution in [0.3, 0.4) is 0 Å². The molecular formula is C57H36N2OS. The molecule has 12 aromatic rings. The lowest BCUT2D eigenvalue weighted by Crippen LogP contribution is -2.10. The Kier molecular flexibility index (Phi) is 8.36. The summed E-state index contributed by atoms with van der Waals surface area (Å²) in [7, 11) is 0. The van der Waals surface area contributed by atoms with Gasteiger partial charge >= 0.3 is 0 Å². The largest absolute Gasteiger partial charge is 0.456 e. The van der Waals surface area contributed by atoms with Gasteiger partial charge in [0.25, 0.3) is 0 Å². The highest BCUT2D eigenvalue weighted by molar-refractivity contribution is 7.21. The van der Waals surface area contributed by atoms with Gasteiger partial charge in [0.1, 0.15) is 16.2 Å². The molecule has 286 valence electrons. The Bertz CT molecular complexity index is 3580. The molecule has 0 bridgehead atoms. The molecule has 3 nitrogen and oxygen atoms in total. The fourth-order valence-electron chi connectivity index (χ4n) is 8.79. The Hall–Kier alpha value is -7.79. The van der Waals surface area contributed by atoms with E-state index in [1.807, 2.05) is 6.07 Å². The first kappa shape index (κ1) is 35.2. The maximum atomic E-state index is 6.41. The maximum absolute atomic E-state index is 6.41. The van der Waals surface area contributed by atoms with Crippen molar-refractivity contribution >= 4 is 82.1 Å². The number of aromatic nitrogens is 1. The van der Waals surface area contributed by atoms with Gasteiger partial charge in [-0.15, -0.1) is 11.3 Å². The quantitative estimate of drug-likeness (QED) is 0.161. The average Bonchev–Trinajstić information content (AvgIpc) is 3.91. The first-order chi connectivity index (χ1) is 30.2. The lowest BCUT2D eigenvalue weighted by Gasteiger charge is -2.26. The zero-order chi connectivity index (χ0) is 40.3. The van der Waals surface area contributed by atoms with Crippen LogP contribution in [0, 0.1) is 0 Å². The van der Waals surface area contributed by atoms with Gasteiger partial charge in [0, 0.05) is 39.5 Å². The molecule has 0 saturated heterocycles. The van der Waals surface area contributed by atoms with Crippen molar-refractivity contribution in [1.29, 1.82) is 0 Å². The summed E-state index contributed by atoms with van der Waals surface area (Å²) in [6.07, 6.45) is 0. The first-order valence-corrected chi connectivity index (χ1v) is 21.4. The third-order valence-corrected chi connectivity index (χ3v) is 12.9. The second kappa shape index (κ2) is 14.5. The third-order valence-electron chi connectivity index (χ3n) is 11.9. The van der Waals surface area contributed by atoms with Crippen molar-refractivity contribution in [2.24, 2.45) is 0 Å². The van der Waals surface area contributed by atoms with Gasteiger partial charge in [-0.3, -0.25) is 0 Å². The Morgan fingerprint density at radius 3 is 1.79 bits per heavy atom. The average molecular weight is 797 g/mol. The fraction of sp³-hybridized carbons (Fsp3) is 0. The number of fused-ring (bicyclic) bond motifs is 6. The van der Waals surface area contributed by atoms with Gasteiger partial charge in [-0.1, -0.05) is 152 Å². The van der Waals surface area contributed by atoms with Crippen LogP contribution >= 0.6 is 11.3 Å². The highest BCUT2D eigenvalue weighted by atomic mass is 32.1. The van der Waals surface area contributed by atoms with E-state index in [-0.39, 0.29) is 0 Å². The maximum Gasteiger partial charge on any atom is 0.136 e. The van der Waals surface area contributed by atoms with Crippen molar-refractivity contribution in [2.75, 3.05) is 4.90 Å². The predicted molar refractivity (Wildman–Crippen MR) is 258 cm³/mol. The number of hydrogen-bond acceptors (Lipinski definition) is 4. The van der Waals surface area contributed by atoms with E-state index in [0.717, 1.165) is 70.9 Å². The molecule has 0 aliphatic rings. The Balaban J connectivity index is 0.927. The summed E-state index contributed by atoms with van der Waals surface area (Å²) in [5.41, 5.74) is 14.2. The van der Waals surface area contributed by atoms with Crippen LogP contribution in [0.1, 0.15) is 0 Å². The van der Waals surface area contributed by atoms with E-state index in [1.165, 1.54) is 43.8 Å². The van der Waals surface area contributed by atoms with Gasteiger partial charge in [0.05, 0.1) is 10.2 Å². The molecule has 0 radical (unpaired) electrons. The molecule has 0 aliphatic carbocycles. The number of hydrogen-bond donors (Lipinski definition) is 0. The molecule has 61 heavy (non-hydrogen) atoms. The lowest BCUT2D eigenvalue weighted by molar-refractivity contribution is 0.669. The number of rotatable bonds is 7. The minimum Gasteiger partial charge on any atom is -0.456 e. The molecule has 2 heterocycles. The van der Waals surface area contributed by atoms with E-state index < -0.39 is 0 Å². The van der Waals surface area contributed by atoms with Crippen LogP contribution in [-0.4, -0.2) is 4.98 Å². The smallest absolute Gasteiger partial charge is 0.136 e. The van der Waals surface area contributed by atoms with Gasteiger partial charge in [-0.2, -0.15) is 0 Å². The molecule has 0 N–H and O–H groups in total. The van der Waals surface area contributed by atoms with Gasteiger partial charge in [-0.25, -0.2) is 4.98 Å². The molecule has 12 rings (SSSR count). The normalized spacial score (nSPS) is 11.6. The van der Waals surface area contributed by atoms with Gasteiger partial charge in [-0.05, 0) is 116 Å². The summed E-state index contributed by atoms with van der Waals surface area (Å²) in [4.78, 5) is 7.37. The van der Waals surface area contributed by atoms with Crippen LogP contribution in [0.2, 0.25) is 0 Å². The summed E-state index contributed by atoms with van der Waals surface area (Å²) in [5.74, 6) is 0. The van der Waals surface area contributed by atoms with E-state index in [9.17, 15) is 0 Å². The predicted octanol–water partition coefficient (Wildman–Crippen LogP) is 16.6. The second-order valence-corrected chi connectivity index (χ2v) is 16.6. The highest BCUT2D eigenvalue weighted by Gasteiger charge is 2.17. The van der Waals surface area contributed by atoms with Crippen molar-refractivity contribution in [2.45, 2.75) is 0 Å². The van der Waals surface area contributed by atoms with Gasteiger partial charge < -0.3 is 9.32 Å². The van der Waals surface area contributed by atoms with Gasteiger partial charge in [0.15, 0.2) is 0 Å². The van der Waals surface area contributed by atoms with Crippen molar-refractivity contribution in [3.8, 4) is 44.0 Å². The van der Waals surface area contributed by atoms with E-state index in [4.69, 9.17) is 9.40 Å². The van der Waals surface area contributed by atoms with Gasteiger partial charge in [0.2, 0.25) is 0 Å². The zero-order valence-corrected chi connectivity index (χ0v) is 33.8.